The van der Waals surface area contributed by atoms with E-state index in [0.717, 1.165) is 64.2 Å². The first-order valence-corrected chi connectivity index (χ1v) is 36.3. The molecule has 1 amide bonds. The number of phosphoric ester groups is 1. The minimum Gasteiger partial charge on any atom is -0.456 e. The van der Waals surface area contributed by atoms with E-state index < -0.39 is 20.0 Å². The van der Waals surface area contributed by atoms with Gasteiger partial charge in [-0.3, -0.25) is 18.6 Å². The first-order valence-electron chi connectivity index (χ1n) is 34.8. The van der Waals surface area contributed by atoms with Crippen molar-refractivity contribution in [2.45, 2.75) is 360 Å². The Morgan fingerprint density at radius 1 is 0.425 bits per heavy atom. The van der Waals surface area contributed by atoms with Gasteiger partial charge in [0, 0.05) is 12.8 Å². The van der Waals surface area contributed by atoms with Gasteiger partial charge in [-0.15, -0.1) is 0 Å². The molecule has 0 aromatic heterocycles. The second-order valence-corrected chi connectivity index (χ2v) is 26.5. The van der Waals surface area contributed by atoms with Gasteiger partial charge in [0.25, 0.3) is 0 Å². The number of esters is 1. The SMILES string of the molecule is CCCCCC/C=C\CCCCCCCCCC(=O)NC(COP(=O)(O)OCC[N+](C)(C)C)C(/C=C\CCCCCCCCCCCC)OC(=O)CCCCCCCCCCCCCCCCCCC/C=C/CCCCCCCC. The van der Waals surface area contributed by atoms with Gasteiger partial charge in [-0.05, 0) is 83.1 Å². The Kier molecular flexibility index (Phi) is 59.0. The lowest BCUT2D eigenvalue weighted by Crippen LogP contribution is -2.47. The molecular formula is C70H136N2O7P+. The van der Waals surface area contributed by atoms with Crippen LogP contribution in [0, 0.1) is 0 Å². The van der Waals surface area contributed by atoms with Crippen LogP contribution in [-0.4, -0.2) is 74.3 Å². The molecule has 0 heterocycles. The third-order valence-corrected chi connectivity index (χ3v) is 16.8. The predicted octanol–water partition coefficient (Wildman–Crippen LogP) is 21.8. The topological polar surface area (TPSA) is 111 Å². The Morgan fingerprint density at radius 2 is 0.725 bits per heavy atom. The molecule has 0 fully saturated rings. The van der Waals surface area contributed by atoms with Crippen molar-refractivity contribution in [2.24, 2.45) is 0 Å². The average Bonchev–Trinajstić information content (AvgIpc) is 3.42. The molecule has 0 spiro atoms. The third-order valence-electron chi connectivity index (χ3n) is 15.8. The lowest BCUT2D eigenvalue weighted by Gasteiger charge is -2.27. The van der Waals surface area contributed by atoms with Crippen LogP contribution in [0.1, 0.15) is 348 Å². The molecule has 9 nitrogen and oxygen atoms in total. The zero-order valence-electron chi connectivity index (χ0n) is 54.1. The number of quaternary nitrogens is 1. The summed E-state index contributed by atoms with van der Waals surface area (Å²) in [6, 6.07) is -0.847. The molecule has 0 aromatic rings. The van der Waals surface area contributed by atoms with Gasteiger partial charge in [0.05, 0.1) is 33.8 Å². The minimum atomic E-state index is -4.45. The average molecular weight is 1150 g/mol. The molecule has 0 aliphatic carbocycles. The molecule has 0 bridgehead atoms. The van der Waals surface area contributed by atoms with E-state index in [0.29, 0.717) is 23.9 Å². The first kappa shape index (κ1) is 78.2. The standard InChI is InChI=1S/C70H135N2O7P/c1-7-10-13-16-19-22-25-28-30-31-32-33-34-35-36-37-38-39-40-41-43-45-48-51-54-57-60-63-70(74)79-68(61-58-55-52-49-46-27-24-21-18-15-12-9-3)67(66-78-80(75,76)77-65-64-72(4,5)6)71-69(73)62-59-56-53-50-47-44-42-29-26-23-20-17-14-11-8-2/h23,26,28,30,58,61,67-68H,7-22,24-25,27,29,31-57,59-60,62-66H2,1-6H3,(H-,71,73,75,76)/p+1/b26-23-,30-28+,61-58-. The van der Waals surface area contributed by atoms with E-state index in [9.17, 15) is 19.0 Å². The van der Waals surface area contributed by atoms with Gasteiger partial charge in [0.15, 0.2) is 0 Å². The van der Waals surface area contributed by atoms with Crippen molar-refractivity contribution in [3.63, 3.8) is 0 Å². The van der Waals surface area contributed by atoms with Crippen LogP contribution in [0.5, 0.6) is 0 Å². The number of nitrogens with one attached hydrogen (secondary N) is 1. The Labute approximate surface area is 497 Å². The minimum absolute atomic E-state index is 0.0419. The van der Waals surface area contributed by atoms with Gasteiger partial charge >= 0.3 is 13.8 Å². The fraction of sp³-hybridized carbons (Fsp3) is 0.886. The molecule has 0 aliphatic heterocycles. The van der Waals surface area contributed by atoms with Crippen LogP contribution >= 0.6 is 7.82 Å². The van der Waals surface area contributed by atoms with E-state index >= 15 is 0 Å². The number of ether oxygens (including phenoxy) is 1. The Morgan fingerprint density at radius 3 is 1.07 bits per heavy atom. The molecule has 0 aliphatic rings. The molecule has 10 heteroatoms. The fourth-order valence-electron chi connectivity index (χ4n) is 10.4. The summed E-state index contributed by atoms with van der Waals surface area (Å²) in [5, 5.41) is 3.07. The summed E-state index contributed by atoms with van der Waals surface area (Å²) in [4.78, 5) is 37.8. The van der Waals surface area contributed by atoms with Crippen LogP contribution in [-0.2, 0) is 27.9 Å². The van der Waals surface area contributed by atoms with Gasteiger partial charge in [-0.1, -0.05) is 289 Å². The quantitative estimate of drug-likeness (QED) is 0.0205. The second-order valence-electron chi connectivity index (χ2n) is 25.0. The highest BCUT2D eigenvalue weighted by atomic mass is 31.2. The maximum Gasteiger partial charge on any atom is 0.472 e. The molecule has 3 atom stereocenters. The zero-order valence-corrected chi connectivity index (χ0v) is 55.0. The monoisotopic (exact) mass is 1150 g/mol. The van der Waals surface area contributed by atoms with E-state index in [1.165, 1.54) is 250 Å². The van der Waals surface area contributed by atoms with E-state index in [-0.39, 0.29) is 25.1 Å². The number of likely N-dealkylation sites (N-methyl/N-ethyl adjacent to an activating group) is 1. The summed E-state index contributed by atoms with van der Waals surface area (Å²) in [6.45, 7) is 7.04. The number of nitrogens with zero attached hydrogens (tertiary/aromatic N) is 1. The molecule has 0 saturated heterocycles. The van der Waals surface area contributed by atoms with Crippen LogP contribution in [0.3, 0.4) is 0 Å². The molecule has 80 heavy (non-hydrogen) atoms. The normalized spacial score (nSPS) is 13.7. The van der Waals surface area contributed by atoms with Gasteiger partial charge < -0.3 is 19.4 Å². The lowest BCUT2D eigenvalue weighted by atomic mass is 10.0. The molecule has 2 N–H and O–H groups in total. The number of amides is 1. The van der Waals surface area contributed by atoms with Crippen LogP contribution < -0.4 is 5.32 Å². The van der Waals surface area contributed by atoms with Crippen molar-refractivity contribution in [3.8, 4) is 0 Å². The van der Waals surface area contributed by atoms with Crippen molar-refractivity contribution >= 4 is 19.7 Å². The maximum absolute atomic E-state index is 13.6. The van der Waals surface area contributed by atoms with Gasteiger partial charge in [0.2, 0.25) is 5.91 Å². The smallest absolute Gasteiger partial charge is 0.456 e. The third kappa shape index (κ3) is 60.8. The van der Waals surface area contributed by atoms with E-state index in [1.807, 2.05) is 33.3 Å². The summed E-state index contributed by atoms with van der Waals surface area (Å²) in [7, 11) is 1.51. The molecule has 0 aromatic carbocycles. The second kappa shape index (κ2) is 60.4. The molecule has 3 unspecified atom stereocenters. The zero-order chi connectivity index (χ0) is 58.6. The number of carbonyl (C=O) groups excluding carboxylic acids is 2. The van der Waals surface area contributed by atoms with Crippen LogP contribution in [0.25, 0.3) is 0 Å². The summed E-state index contributed by atoms with van der Waals surface area (Å²) >= 11 is 0. The number of phosphoric acid groups is 1. The number of rotatable bonds is 64. The van der Waals surface area contributed by atoms with E-state index in [4.69, 9.17) is 13.8 Å². The molecular weight excluding hydrogens is 1010 g/mol. The van der Waals surface area contributed by atoms with Crippen molar-refractivity contribution < 1.29 is 37.3 Å². The number of hydrogen-bond donors (Lipinski definition) is 2. The van der Waals surface area contributed by atoms with E-state index in [1.54, 1.807) is 0 Å². The molecule has 0 radical (unpaired) electrons. The summed E-state index contributed by atoms with van der Waals surface area (Å²) in [5.74, 6) is -0.494. The van der Waals surface area contributed by atoms with Crippen molar-refractivity contribution in [2.75, 3.05) is 40.9 Å². The highest BCUT2D eigenvalue weighted by Crippen LogP contribution is 2.43. The lowest BCUT2D eigenvalue weighted by molar-refractivity contribution is -0.870. The highest BCUT2D eigenvalue weighted by molar-refractivity contribution is 7.47. The number of unbranched alkanes of at least 4 members (excludes halogenated alkanes) is 44. The fourth-order valence-corrected chi connectivity index (χ4v) is 11.1. The Hall–Kier alpha value is -1.77. The molecule has 0 rings (SSSR count). The summed E-state index contributed by atoms with van der Waals surface area (Å²) in [5.41, 5.74) is 0. The maximum atomic E-state index is 13.6. The largest absolute Gasteiger partial charge is 0.472 e. The van der Waals surface area contributed by atoms with Gasteiger partial charge in [0.1, 0.15) is 19.3 Å². The first-order chi connectivity index (χ1) is 38.9. The Bertz CT molecular complexity index is 1460. The van der Waals surface area contributed by atoms with Crippen LogP contribution in [0.4, 0.5) is 0 Å². The summed E-state index contributed by atoms with van der Waals surface area (Å²) < 4.78 is 30.8. The number of hydrogen-bond acceptors (Lipinski definition) is 6. The van der Waals surface area contributed by atoms with Crippen molar-refractivity contribution in [3.05, 3.63) is 36.5 Å². The van der Waals surface area contributed by atoms with E-state index in [2.05, 4.69) is 50.4 Å². The molecule has 472 valence electrons. The van der Waals surface area contributed by atoms with Crippen LogP contribution in [0.2, 0.25) is 0 Å². The Balaban J connectivity index is 4.98. The van der Waals surface area contributed by atoms with Gasteiger partial charge in [-0.25, -0.2) is 4.57 Å². The number of allylic oxidation sites excluding steroid dienone is 5. The predicted molar refractivity (Wildman–Crippen MR) is 346 cm³/mol. The summed E-state index contributed by atoms with van der Waals surface area (Å²) in [6.07, 6.45) is 74.5. The van der Waals surface area contributed by atoms with Crippen molar-refractivity contribution in [1.29, 1.82) is 0 Å². The molecule has 0 saturated carbocycles. The highest BCUT2D eigenvalue weighted by Gasteiger charge is 2.30. The van der Waals surface area contributed by atoms with Gasteiger partial charge in [-0.2, -0.15) is 0 Å². The van der Waals surface area contributed by atoms with Crippen LogP contribution in [0.15, 0.2) is 36.5 Å². The van der Waals surface area contributed by atoms with Crippen molar-refractivity contribution in [1.82, 2.24) is 5.32 Å². The number of carbonyl (C=O) groups is 2.